The molecule has 2 aromatic carbocycles. The molecular weight excluding hydrogens is 294 g/mol. The zero-order chi connectivity index (χ0) is 15.7. The Morgan fingerprint density at radius 2 is 1.55 bits per heavy atom. The van der Waals surface area contributed by atoms with Crippen molar-refractivity contribution in [2.75, 3.05) is 0 Å². The monoisotopic (exact) mass is 311 g/mol. The SMILES string of the molecule is CC(C)(C)c1ccc(-c2cn(-c3ccc(Cl)cc3)nn2)cc1. The molecule has 1 aromatic heterocycles. The molecule has 0 aliphatic rings. The summed E-state index contributed by atoms with van der Waals surface area (Å²) in [6, 6.07) is 16.0. The summed E-state index contributed by atoms with van der Waals surface area (Å²) in [5, 5.41) is 9.15. The van der Waals surface area contributed by atoms with Crippen LogP contribution in [0.15, 0.2) is 54.7 Å². The minimum Gasteiger partial charge on any atom is -0.220 e. The van der Waals surface area contributed by atoms with Gasteiger partial charge in [-0.1, -0.05) is 61.9 Å². The third-order valence-corrected chi connectivity index (χ3v) is 3.88. The van der Waals surface area contributed by atoms with Crippen molar-refractivity contribution in [3.63, 3.8) is 0 Å². The van der Waals surface area contributed by atoms with Crippen LogP contribution in [-0.4, -0.2) is 15.0 Å². The minimum absolute atomic E-state index is 0.152. The Morgan fingerprint density at radius 3 is 2.14 bits per heavy atom. The summed E-state index contributed by atoms with van der Waals surface area (Å²) >= 11 is 5.91. The smallest absolute Gasteiger partial charge is 0.113 e. The van der Waals surface area contributed by atoms with Crippen LogP contribution >= 0.6 is 11.6 Å². The summed E-state index contributed by atoms with van der Waals surface area (Å²) in [5.41, 5.74) is 4.32. The fraction of sp³-hybridized carbons (Fsp3) is 0.222. The lowest BCUT2D eigenvalue weighted by Gasteiger charge is -2.18. The van der Waals surface area contributed by atoms with E-state index in [2.05, 4.69) is 55.3 Å². The van der Waals surface area contributed by atoms with Crippen molar-refractivity contribution in [2.24, 2.45) is 0 Å². The molecule has 0 fully saturated rings. The molecule has 0 spiro atoms. The van der Waals surface area contributed by atoms with Gasteiger partial charge in [0.25, 0.3) is 0 Å². The second kappa shape index (κ2) is 5.58. The van der Waals surface area contributed by atoms with Gasteiger partial charge in [-0.2, -0.15) is 0 Å². The van der Waals surface area contributed by atoms with Gasteiger partial charge in [-0.3, -0.25) is 0 Å². The van der Waals surface area contributed by atoms with Gasteiger partial charge in [0.1, 0.15) is 5.69 Å². The van der Waals surface area contributed by atoms with Crippen LogP contribution in [0.2, 0.25) is 5.02 Å². The van der Waals surface area contributed by atoms with E-state index in [0.29, 0.717) is 5.02 Å². The maximum atomic E-state index is 5.91. The lowest BCUT2D eigenvalue weighted by Crippen LogP contribution is -2.10. The molecule has 0 unspecified atom stereocenters. The molecule has 0 saturated carbocycles. The molecule has 0 atom stereocenters. The lowest BCUT2D eigenvalue weighted by molar-refractivity contribution is 0.590. The molecule has 3 nitrogen and oxygen atoms in total. The number of hydrogen-bond acceptors (Lipinski definition) is 2. The number of benzene rings is 2. The number of aromatic nitrogens is 3. The van der Waals surface area contributed by atoms with E-state index in [1.54, 1.807) is 4.68 Å². The van der Waals surface area contributed by atoms with Crippen molar-refractivity contribution >= 4 is 11.6 Å². The van der Waals surface area contributed by atoms with Gasteiger partial charge in [0, 0.05) is 10.6 Å². The molecule has 0 amide bonds. The lowest BCUT2D eigenvalue weighted by atomic mass is 9.86. The Balaban J connectivity index is 1.89. The fourth-order valence-corrected chi connectivity index (χ4v) is 2.38. The molecule has 22 heavy (non-hydrogen) atoms. The van der Waals surface area contributed by atoms with Gasteiger partial charge in [-0.05, 0) is 35.2 Å². The first-order chi connectivity index (χ1) is 10.4. The van der Waals surface area contributed by atoms with E-state index >= 15 is 0 Å². The van der Waals surface area contributed by atoms with Gasteiger partial charge < -0.3 is 0 Å². The summed E-state index contributed by atoms with van der Waals surface area (Å²) in [5.74, 6) is 0. The van der Waals surface area contributed by atoms with Crippen LogP contribution in [0.3, 0.4) is 0 Å². The predicted molar refractivity (Wildman–Crippen MR) is 90.5 cm³/mol. The van der Waals surface area contributed by atoms with Gasteiger partial charge in [0.15, 0.2) is 0 Å². The highest BCUT2D eigenvalue weighted by Crippen LogP contribution is 2.25. The number of hydrogen-bond donors (Lipinski definition) is 0. The van der Waals surface area contributed by atoms with Crippen LogP contribution in [0.1, 0.15) is 26.3 Å². The molecule has 0 N–H and O–H groups in total. The largest absolute Gasteiger partial charge is 0.220 e. The van der Waals surface area contributed by atoms with E-state index in [4.69, 9.17) is 11.6 Å². The molecular formula is C18H18ClN3. The summed E-state index contributed by atoms with van der Waals surface area (Å²) in [6.07, 6.45) is 1.93. The Morgan fingerprint density at radius 1 is 0.909 bits per heavy atom. The molecule has 3 rings (SSSR count). The van der Waals surface area contributed by atoms with Crippen LogP contribution in [0.4, 0.5) is 0 Å². The Kier molecular flexibility index (Phi) is 3.75. The number of rotatable bonds is 2. The molecule has 0 aliphatic carbocycles. The molecule has 4 heteroatoms. The van der Waals surface area contributed by atoms with Gasteiger partial charge in [0.2, 0.25) is 0 Å². The first-order valence-electron chi connectivity index (χ1n) is 7.23. The van der Waals surface area contributed by atoms with Crippen molar-refractivity contribution in [2.45, 2.75) is 26.2 Å². The summed E-state index contributed by atoms with van der Waals surface area (Å²) in [4.78, 5) is 0. The standard InChI is InChI=1S/C18H18ClN3/c1-18(2,3)14-6-4-13(5-7-14)17-12-22(21-20-17)16-10-8-15(19)9-11-16/h4-12H,1-3H3. The highest BCUT2D eigenvalue weighted by atomic mass is 35.5. The van der Waals surface area contributed by atoms with E-state index in [9.17, 15) is 0 Å². The van der Waals surface area contributed by atoms with Crippen LogP contribution in [-0.2, 0) is 5.41 Å². The molecule has 3 aromatic rings. The first kappa shape index (κ1) is 14.8. The maximum Gasteiger partial charge on any atom is 0.113 e. The quantitative estimate of drug-likeness (QED) is 0.675. The average molecular weight is 312 g/mol. The van der Waals surface area contributed by atoms with Crippen LogP contribution < -0.4 is 0 Å². The summed E-state index contributed by atoms with van der Waals surface area (Å²) < 4.78 is 1.75. The molecule has 0 aliphatic heterocycles. The van der Waals surface area contributed by atoms with Crippen molar-refractivity contribution in [1.29, 1.82) is 0 Å². The zero-order valence-corrected chi connectivity index (χ0v) is 13.7. The normalized spacial score (nSPS) is 11.6. The minimum atomic E-state index is 0.152. The number of halogens is 1. The van der Waals surface area contributed by atoms with Crippen LogP contribution in [0, 0.1) is 0 Å². The molecule has 112 valence electrons. The van der Waals surface area contributed by atoms with E-state index in [1.165, 1.54) is 5.56 Å². The average Bonchev–Trinajstić information content (AvgIpc) is 2.97. The Labute approximate surface area is 135 Å². The first-order valence-corrected chi connectivity index (χ1v) is 7.60. The topological polar surface area (TPSA) is 30.7 Å². The van der Waals surface area contributed by atoms with E-state index < -0.39 is 0 Å². The highest BCUT2D eigenvalue weighted by molar-refractivity contribution is 6.30. The fourth-order valence-electron chi connectivity index (χ4n) is 2.26. The van der Waals surface area contributed by atoms with Crippen molar-refractivity contribution in [3.05, 3.63) is 65.3 Å². The second-order valence-corrected chi connectivity index (χ2v) is 6.79. The number of nitrogens with zero attached hydrogens (tertiary/aromatic N) is 3. The summed E-state index contributed by atoms with van der Waals surface area (Å²) in [7, 11) is 0. The molecule has 0 radical (unpaired) electrons. The molecule has 0 saturated heterocycles. The predicted octanol–water partition coefficient (Wildman–Crippen LogP) is 4.89. The van der Waals surface area contributed by atoms with E-state index in [1.807, 2.05) is 30.5 Å². The zero-order valence-electron chi connectivity index (χ0n) is 12.9. The third kappa shape index (κ3) is 3.04. The van der Waals surface area contributed by atoms with Gasteiger partial charge in [0.05, 0.1) is 11.9 Å². The van der Waals surface area contributed by atoms with Crippen molar-refractivity contribution in [3.8, 4) is 16.9 Å². The third-order valence-electron chi connectivity index (χ3n) is 3.63. The van der Waals surface area contributed by atoms with Crippen LogP contribution in [0.5, 0.6) is 0 Å². The van der Waals surface area contributed by atoms with Gasteiger partial charge in [-0.25, -0.2) is 4.68 Å². The second-order valence-electron chi connectivity index (χ2n) is 6.35. The highest BCUT2D eigenvalue weighted by Gasteiger charge is 2.13. The maximum absolute atomic E-state index is 5.91. The van der Waals surface area contributed by atoms with Crippen LogP contribution in [0.25, 0.3) is 16.9 Å². The summed E-state index contributed by atoms with van der Waals surface area (Å²) in [6.45, 7) is 6.62. The molecule has 0 bridgehead atoms. The van der Waals surface area contributed by atoms with Gasteiger partial charge >= 0.3 is 0 Å². The van der Waals surface area contributed by atoms with E-state index in [-0.39, 0.29) is 5.41 Å². The van der Waals surface area contributed by atoms with Crippen molar-refractivity contribution < 1.29 is 0 Å². The van der Waals surface area contributed by atoms with E-state index in [0.717, 1.165) is 16.9 Å². The van der Waals surface area contributed by atoms with Crippen molar-refractivity contribution in [1.82, 2.24) is 15.0 Å². The van der Waals surface area contributed by atoms with Gasteiger partial charge in [-0.15, -0.1) is 5.10 Å². The Hall–Kier alpha value is -2.13. The Bertz CT molecular complexity index is 765. The molecule has 1 heterocycles.